The van der Waals surface area contributed by atoms with Gasteiger partial charge in [0.05, 0.1) is 16.6 Å². The van der Waals surface area contributed by atoms with Crippen LogP contribution in [0.4, 0.5) is 13.2 Å². The van der Waals surface area contributed by atoms with Crippen molar-refractivity contribution in [3.8, 4) is 11.3 Å². The average Bonchev–Trinajstić information content (AvgIpc) is 3.37. The van der Waals surface area contributed by atoms with E-state index in [-0.39, 0.29) is 17.1 Å². The molecule has 2 aromatic heterocycles. The molecule has 154 valence electrons. The number of aromatic amines is 1. The fourth-order valence-electron chi connectivity index (χ4n) is 3.13. The number of nitrogens with one attached hydrogen (secondary N) is 2. The number of aryl methyl sites for hydroxylation is 1. The van der Waals surface area contributed by atoms with E-state index in [0.29, 0.717) is 19.4 Å². The second kappa shape index (κ2) is 8.06. The fourth-order valence-corrected chi connectivity index (χ4v) is 3.13. The monoisotopic (exact) mass is 413 g/mol. The minimum Gasteiger partial charge on any atom is -0.451 e. The Hall–Kier alpha value is -3.55. The van der Waals surface area contributed by atoms with Crippen molar-refractivity contribution in [3.05, 3.63) is 77.8 Å². The summed E-state index contributed by atoms with van der Waals surface area (Å²) in [4.78, 5) is 20.0. The second-order valence-electron chi connectivity index (χ2n) is 6.80. The van der Waals surface area contributed by atoms with E-state index in [4.69, 9.17) is 4.42 Å². The molecular weight excluding hydrogens is 395 g/mol. The van der Waals surface area contributed by atoms with Gasteiger partial charge in [-0.25, -0.2) is 4.98 Å². The maximum absolute atomic E-state index is 12.9. The smallest absolute Gasteiger partial charge is 0.416 e. The number of benzene rings is 2. The molecule has 2 heterocycles. The van der Waals surface area contributed by atoms with E-state index >= 15 is 0 Å². The molecule has 0 saturated heterocycles. The lowest BCUT2D eigenvalue weighted by Gasteiger charge is -2.07. The molecule has 0 aliphatic carbocycles. The molecule has 0 aliphatic heterocycles. The third-order valence-electron chi connectivity index (χ3n) is 4.62. The summed E-state index contributed by atoms with van der Waals surface area (Å²) in [7, 11) is 0. The number of hydrogen-bond acceptors (Lipinski definition) is 3. The molecular formula is C22H18F3N3O2. The summed E-state index contributed by atoms with van der Waals surface area (Å²) in [6.07, 6.45) is -3.10. The molecule has 0 fully saturated rings. The van der Waals surface area contributed by atoms with E-state index in [1.807, 2.05) is 24.3 Å². The van der Waals surface area contributed by atoms with Gasteiger partial charge in [0.1, 0.15) is 11.6 Å². The maximum atomic E-state index is 12.9. The average molecular weight is 413 g/mol. The fraction of sp³-hybridized carbons (Fsp3) is 0.182. The molecule has 4 aromatic rings. The van der Waals surface area contributed by atoms with Gasteiger partial charge in [-0.1, -0.05) is 24.3 Å². The van der Waals surface area contributed by atoms with Gasteiger partial charge in [0.25, 0.3) is 5.91 Å². The Balaban J connectivity index is 1.33. The molecule has 0 aliphatic rings. The predicted octanol–water partition coefficient (Wildman–Crippen LogP) is 5.20. The molecule has 4 rings (SSSR count). The highest BCUT2D eigenvalue weighted by Gasteiger charge is 2.30. The minimum absolute atomic E-state index is 0.0474. The lowest BCUT2D eigenvalue weighted by molar-refractivity contribution is -0.137. The number of nitrogens with zero attached hydrogens (tertiary/aromatic N) is 1. The largest absolute Gasteiger partial charge is 0.451 e. The number of amides is 1. The van der Waals surface area contributed by atoms with Crippen LogP contribution in [0, 0.1) is 0 Å². The molecule has 30 heavy (non-hydrogen) atoms. The van der Waals surface area contributed by atoms with E-state index in [2.05, 4.69) is 15.3 Å². The number of furan rings is 1. The van der Waals surface area contributed by atoms with Crippen molar-refractivity contribution in [3.63, 3.8) is 0 Å². The van der Waals surface area contributed by atoms with Crippen LogP contribution in [0.2, 0.25) is 0 Å². The summed E-state index contributed by atoms with van der Waals surface area (Å²) in [6, 6.07) is 15.5. The third-order valence-corrected chi connectivity index (χ3v) is 4.62. The van der Waals surface area contributed by atoms with Crippen molar-refractivity contribution in [2.24, 2.45) is 0 Å². The number of fused-ring (bicyclic) bond motifs is 1. The molecule has 0 saturated carbocycles. The first kappa shape index (κ1) is 19.8. The number of imidazole rings is 1. The zero-order valence-corrected chi connectivity index (χ0v) is 15.8. The van der Waals surface area contributed by atoms with Gasteiger partial charge in [-0.3, -0.25) is 4.79 Å². The number of halogens is 3. The molecule has 5 nitrogen and oxygen atoms in total. The van der Waals surface area contributed by atoms with Gasteiger partial charge in [-0.05, 0) is 42.8 Å². The summed E-state index contributed by atoms with van der Waals surface area (Å²) in [6.45, 7) is 0.412. The number of rotatable bonds is 6. The van der Waals surface area contributed by atoms with Crippen LogP contribution in [-0.2, 0) is 12.6 Å². The van der Waals surface area contributed by atoms with Gasteiger partial charge in [0.15, 0.2) is 5.76 Å². The van der Waals surface area contributed by atoms with Crippen molar-refractivity contribution in [1.82, 2.24) is 15.3 Å². The van der Waals surface area contributed by atoms with Gasteiger partial charge in [-0.15, -0.1) is 0 Å². The standard InChI is InChI=1S/C22H18F3N3O2/c23-22(24,25)15-6-3-5-14(13-15)18-10-11-19(30-18)21(29)26-12-4-9-20-27-16-7-1-2-8-17(16)28-20/h1-3,5-8,10-11,13H,4,9,12H2,(H,26,29)(H,27,28). The minimum atomic E-state index is -4.44. The Morgan fingerprint density at radius 2 is 1.90 bits per heavy atom. The summed E-state index contributed by atoms with van der Waals surface area (Å²) in [5.41, 5.74) is 1.35. The normalized spacial score (nSPS) is 11.7. The van der Waals surface area contributed by atoms with Crippen LogP contribution >= 0.6 is 0 Å². The maximum Gasteiger partial charge on any atom is 0.416 e. The van der Waals surface area contributed by atoms with Crippen LogP contribution in [0.3, 0.4) is 0 Å². The SMILES string of the molecule is O=C(NCCCc1nc2ccccc2[nH]1)c1ccc(-c2cccc(C(F)(F)F)c2)o1. The van der Waals surface area contributed by atoms with Gasteiger partial charge in [0.2, 0.25) is 0 Å². The number of carbonyl (C=O) groups is 1. The van der Waals surface area contributed by atoms with E-state index in [9.17, 15) is 18.0 Å². The van der Waals surface area contributed by atoms with E-state index < -0.39 is 17.6 Å². The Kier molecular flexibility index (Phi) is 5.31. The Labute approximate surface area is 169 Å². The van der Waals surface area contributed by atoms with Crippen LogP contribution in [-0.4, -0.2) is 22.4 Å². The molecule has 0 atom stereocenters. The van der Waals surface area contributed by atoms with Crippen LogP contribution in [0.25, 0.3) is 22.4 Å². The van der Waals surface area contributed by atoms with Crippen molar-refractivity contribution in [2.75, 3.05) is 6.54 Å². The summed E-state index contributed by atoms with van der Waals surface area (Å²) >= 11 is 0. The quantitative estimate of drug-likeness (QED) is 0.427. The van der Waals surface area contributed by atoms with Crippen LogP contribution in [0.5, 0.6) is 0 Å². The number of hydrogen-bond donors (Lipinski definition) is 2. The second-order valence-corrected chi connectivity index (χ2v) is 6.80. The van der Waals surface area contributed by atoms with E-state index in [1.165, 1.54) is 24.3 Å². The summed E-state index contributed by atoms with van der Waals surface area (Å²) in [5.74, 6) is 0.674. The zero-order chi connectivity index (χ0) is 21.1. The lowest BCUT2D eigenvalue weighted by atomic mass is 10.1. The first-order valence-electron chi connectivity index (χ1n) is 9.39. The highest BCUT2D eigenvalue weighted by atomic mass is 19.4. The molecule has 2 aromatic carbocycles. The van der Waals surface area contributed by atoms with Gasteiger partial charge >= 0.3 is 6.18 Å². The number of para-hydroxylation sites is 2. The van der Waals surface area contributed by atoms with Crippen molar-refractivity contribution in [2.45, 2.75) is 19.0 Å². The predicted molar refractivity (Wildman–Crippen MR) is 106 cm³/mol. The topological polar surface area (TPSA) is 70.9 Å². The molecule has 0 bridgehead atoms. The van der Waals surface area contributed by atoms with Crippen molar-refractivity contribution in [1.29, 1.82) is 0 Å². The molecule has 0 radical (unpaired) electrons. The molecule has 0 spiro atoms. The van der Waals surface area contributed by atoms with Crippen molar-refractivity contribution >= 4 is 16.9 Å². The Morgan fingerprint density at radius 1 is 1.07 bits per heavy atom. The van der Waals surface area contributed by atoms with Crippen molar-refractivity contribution < 1.29 is 22.4 Å². The molecule has 0 unspecified atom stereocenters. The molecule has 2 N–H and O–H groups in total. The molecule has 1 amide bonds. The lowest BCUT2D eigenvalue weighted by Crippen LogP contribution is -2.24. The van der Waals surface area contributed by atoms with Crippen LogP contribution < -0.4 is 5.32 Å². The number of alkyl halides is 3. The van der Waals surface area contributed by atoms with Gasteiger partial charge < -0.3 is 14.7 Å². The molecule has 8 heteroatoms. The zero-order valence-electron chi connectivity index (χ0n) is 15.8. The third kappa shape index (κ3) is 4.37. The van der Waals surface area contributed by atoms with Gasteiger partial charge in [0, 0.05) is 18.5 Å². The highest BCUT2D eigenvalue weighted by Crippen LogP contribution is 2.32. The first-order chi connectivity index (χ1) is 14.4. The Morgan fingerprint density at radius 3 is 2.70 bits per heavy atom. The summed E-state index contributed by atoms with van der Waals surface area (Å²) in [5, 5.41) is 2.75. The number of aromatic nitrogens is 2. The van der Waals surface area contributed by atoms with Gasteiger partial charge in [-0.2, -0.15) is 13.2 Å². The summed E-state index contributed by atoms with van der Waals surface area (Å²) < 4.78 is 44.1. The highest BCUT2D eigenvalue weighted by molar-refractivity contribution is 5.92. The van der Waals surface area contributed by atoms with Crippen LogP contribution in [0.15, 0.2) is 65.1 Å². The number of H-pyrrole nitrogens is 1. The number of carbonyl (C=O) groups excluding carboxylic acids is 1. The van der Waals surface area contributed by atoms with Crippen LogP contribution in [0.1, 0.15) is 28.4 Å². The Bertz CT molecular complexity index is 1140. The first-order valence-corrected chi connectivity index (χ1v) is 9.39. The van der Waals surface area contributed by atoms with E-state index in [1.54, 1.807) is 0 Å². The van der Waals surface area contributed by atoms with E-state index in [0.717, 1.165) is 29.0 Å².